The maximum absolute atomic E-state index is 11.5. The van der Waals surface area contributed by atoms with E-state index in [0.717, 1.165) is 41.9 Å². The van der Waals surface area contributed by atoms with Crippen molar-refractivity contribution in [1.82, 2.24) is 24.9 Å². The minimum Gasteiger partial charge on any atom is -0.493 e. The molecular weight excluding hydrogens is 394 g/mol. The highest BCUT2D eigenvalue weighted by atomic mass is 16.5. The van der Waals surface area contributed by atoms with Crippen LogP contribution in [0.4, 0.5) is 5.82 Å². The van der Waals surface area contributed by atoms with Crippen LogP contribution in [0, 0.1) is 18.3 Å². The summed E-state index contributed by atoms with van der Waals surface area (Å²) in [6, 6.07) is 7.87. The molecule has 0 saturated carbocycles. The van der Waals surface area contributed by atoms with E-state index in [9.17, 15) is 4.79 Å². The molecule has 0 aliphatic carbocycles. The lowest BCUT2D eigenvalue weighted by molar-refractivity contribution is -0.121. The number of nitrogens with zero attached hydrogens (tertiary/aromatic N) is 5. The van der Waals surface area contributed by atoms with Gasteiger partial charge in [-0.1, -0.05) is 6.92 Å². The number of unbranched alkanes of at least 4 members (excludes halogenated alkanes) is 2. The van der Waals surface area contributed by atoms with Gasteiger partial charge < -0.3 is 15.4 Å². The topological polar surface area (TPSA) is 117 Å². The maximum atomic E-state index is 11.5. The van der Waals surface area contributed by atoms with Crippen molar-refractivity contribution in [2.24, 2.45) is 0 Å². The molecule has 0 unspecified atom stereocenters. The van der Waals surface area contributed by atoms with Crippen LogP contribution >= 0.6 is 0 Å². The first kappa shape index (κ1) is 22.3. The molecule has 1 aromatic carbocycles. The van der Waals surface area contributed by atoms with Crippen molar-refractivity contribution in [3.63, 3.8) is 0 Å². The number of nitriles is 1. The summed E-state index contributed by atoms with van der Waals surface area (Å²) in [5.41, 5.74) is 2.37. The third-order valence-corrected chi connectivity index (χ3v) is 4.85. The molecule has 31 heavy (non-hydrogen) atoms. The molecule has 2 N–H and O–H groups in total. The van der Waals surface area contributed by atoms with Crippen LogP contribution in [-0.4, -0.2) is 45.2 Å². The quantitative estimate of drug-likeness (QED) is 0.429. The SMILES string of the molecule is CCCC(=O)NCCCCNc1nc2cc(OCCCC#N)ccc2n2c(C)nnc12. The molecule has 0 spiro atoms. The van der Waals surface area contributed by atoms with Gasteiger partial charge in [0.05, 0.1) is 23.7 Å². The molecule has 0 aliphatic heterocycles. The molecule has 0 radical (unpaired) electrons. The molecular formula is C22H29N7O2. The van der Waals surface area contributed by atoms with Gasteiger partial charge in [-0.25, -0.2) is 4.98 Å². The monoisotopic (exact) mass is 423 g/mol. The van der Waals surface area contributed by atoms with Crippen LogP contribution in [0.1, 0.15) is 51.3 Å². The number of carbonyl (C=O) groups excluding carboxylic acids is 1. The first-order valence-electron chi connectivity index (χ1n) is 10.8. The molecule has 3 rings (SSSR count). The molecule has 0 fully saturated rings. The van der Waals surface area contributed by atoms with Gasteiger partial charge in [-0.05, 0) is 44.7 Å². The summed E-state index contributed by atoms with van der Waals surface area (Å²) in [6.45, 7) is 5.80. The van der Waals surface area contributed by atoms with Gasteiger partial charge in [0, 0.05) is 32.0 Å². The van der Waals surface area contributed by atoms with E-state index in [0.29, 0.717) is 50.4 Å². The Hall–Kier alpha value is -3.41. The number of fused-ring (bicyclic) bond motifs is 3. The first-order chi connectivity index (χ1) is 15.1. The molecule has 0 aliphatic rings. The van der Waals surface area contributed by atoms with Gasteiger partial charge in [0.1, 0.15) is 11.6 Å². The van der Waals surface area contributed by atoms with E-state index in [1.54, 1.807) is 0 Å². The van der Waals surface area contributed by atoms with Crippen molar-refractivity contribution >= 4 is 28.4 Å². The fourth-order valence-corrected chi connectivity index (χ4v) is 3.31. The van der Waals surface area contributed by atoms with Crippen molar-refractivity contribution in [3.8, 4) is 11.8 Å². The number of aromatic nitrogens is 4. The summed E-state index contributed by atoms with van der Waals surface area (Å²) in [7, 11) is 0. The Kier molecular flexibility index (Phi) is 7.98. The van der Waals surface area contributed by atoms with Crippen LogP contribution in [0.25, 0.3) is 16.7 Å². The Labute approximate surface area is 181 Å². The average Bonchev–Trinajstić information content (AvgIpc) is 3.15. The minimum atomic E-state index is 0.109. The number of anilines is 1. The predicted molar refractivity (Wildman–Crippen MR) is 119 cm³/mol. The zero-order valence-corrected chi connectivity index (χ0v) is 18.1. The van der Waals surface area contributed by atoms with Gasteiger partial charge in [0.25, 0.3) is 0 Å². The van der Waals surface area contributed by atoms with E-state index in [-0.39, 0.29) is 5.91 Å². The highest BCUT2D eigenvalue weighted by molar-refractivity contribution is 5.84. The van der Waals surface area contributed by atoms with Crippen LogP contribution in [0.3, 0.4) is 0 Å². The van der Waals surface area contributed by atoms with Crippen molar-refractivity contribution in [2.75, 3.05) is 25.0 Å². The molecule has 0 atom stereocenters. The number of benzene rings is 1. The lowest BCUT2D eigenvalue weighted by atomic mass is 10.2. The summed E-state index contributed by atoms with van der Waals surface area (Å²) >= 11 is 0. The maximum Gasteiger partial charge on any atom is 0.219 e. The Morgan fingerprint density at radius 1 is 1.23 bits per heavy atom. The van der Waals surface area contributed by atoms with Crippen molar-refractivity contribution in [2.45, 2.75) is 52.4 Å². The fraction of sp³-hybridized carbons (Fsp3) is 0.500. The molecule has 9 nitrogen and oxygen atoms in total. The zero-order chi connectivity index (χ0) is 22.1. The molecule has 1 amide bonds. The van der Waals surface area contributed by atoms with Crippen molar-refractivity contribution in [1.29, 1.82) is 5.26 Å². The number of amides is 1. The first-order valence-corrected chi connectivity index (χ1v) is 10.8. The van der Waals surface area contributed by atoms with E-state index < -0.39 is 0 Å². The molecule has 2 aromatic heterocycles. The zero-order valence-electron chi connectivity index (χ0n) is 18.1. The second-order valence-electron chi connectivity index (χ2n) is 7.36. The lowest BCUT2D eigenvalue weighted by Gasteiger charge is -2.11. The molecule has 0 saturated heterocycles. The Bertz CT molecular complexity index is 1070. The number of aryl methyl sites for hydroxylation is 1. The Morgan fingerprint density at radius 2 is 2.06 bits per heavy atom. The van der Waals surface area contributed by atoms with Crippen LogP contribution < -0.4 is 15.4 Å². The number of carbonyl (C=O) groups is 1. The van der Waals surface area contributed by atoms with Gasteiger partial charge in [-0.15, -0.1) is 10.2 Å². The van der Waals surface area contributed by atoms with Crippen LogP contribution in [0.2, 0.25) is 0 Å². The number of hydrogen-bond donors (Lipinski definition) is 2. The fourth-order valence-electron chi connectivity index (χ4n) is 3.31. The number of rotatable bonds is 12. The minimum absolute atomic E-state index is 0.109. The predicted octanol–water partition coefficient (Wildman–Crippen LogP) is 3.38. The smallest absolute Gasteiger partial charge is 0.219 e. The van der Waals surface area contributed by atoms with E-state index >= 15 is 0 Å². The largest absolute Gasteiger partial charge is 0.493 e. The molecule has 9 heteroatoms. The van der Waals surface area contributed by atoms with Gasteiger partial charge in [0.2, 0.25) is 11.6 Å². The summed E-state index contributed by atoms with van der Waals surface area (Å²) < 4.78 is 7.74. The lowest BCUT2D eigenvalue weighted by Crippen LogP contribution is -2.24. The Balaban J connectivity index is 1.68. The number of hydrogen-bond acceptors (Lipinski definition) is 7. The molecule has 3 aromatic rings. The number of ether oxygens (including phenoxy) is 1. The van der Waals surface area contributed by atoms with E-state index in [4.69, 9.17) is 15.0 Å². The molecule has 2 heterocycles. The van der Waals surface area contributed by atoms with E-state index in [2.05, 4.69) is 26.9 Å². The third-order valence-electron chi connectivity index (χ3n) is 4.85. The summed E-state index contributed by atoms with van der Waals surface area (Å²) in [5.74, 6) is 2.28. The van der Waals surface area contributed by atoms with Gasteiger partial charge in [0.15, 0.2) is 5.82 Å². The molecule has 164 valence electrons. The van der Waals surface area contributed by atoms with E-state index in [1.165, 1.54) is 0 Å². The highest BCUT2D eigenvalue weighted by Crippen LogP contribution is 2.25. The second kappa shape index (κ2) is 11.1. The van der Waals surface area contributed by atoms with Gasteiger partial charge in [-0.2, -0.15) is 5.26 Å². The van der Waals surface area contributed by atoms with Crippen molar-refractivity contribution in [3.05, 3.63) is 24.0 Å². The highest BCUT2D eigenvalue weighted by Gasteiger charge is 2.13. The normalized spacial score (nSPS) is 10.9. The average molecular weight is 424 g/mol. The summed E-state index contributed by atoms with van der Waals surface area (Å²) in [4.78, 5) is 16.3. The van der Waals surface area contributed by atoms with E-state index in [1.807, 2.05) is 36.4 Å². The Morgan fingerprint density at radius 3 is 2.87 bits per heavy atom. The van der Waals surface area contributed by atoms with Gasteiger partial charge >= 0.3 is 0 Å². The third kappa shape index (κ3) is 5.81. The number of nitrogens with one attached hydrogen (secondary N) is 2. The van der Waals surface area contributed by atoms with Crippen LogP contribution in [0.15, 0.2) is 18.2 Å². The molecule has 0 bridgehead atoms. The van der Waals surface area contributed by atoms with Crippen molar-refractivity contribution < 1.29 is 9.53 Å². The summed E-state index contributed by atoms with van der Waals surface area (Å²) in [5, 5.41) is 23.4. The van der Waals surface area contributed by atoms with Crippen LogP contribution in [-0.2, 0) is 4.79 Å². The summed E-state index contributed by atoms with van der Waals surface area (Å²) in [6.07, 6.45) is 4.39. The second-order valence-corrected chi connectivity index (χ2v) is 7.36. The van der Waals surface area contributed by atoms with Gasteiger partial charge in [-0.3, -0.25) is 9.20 Å². The van der Waals surface area contributed by atoms with Crippen LogP contribution in [0.5, 0.6) is 5.75 Å². The standard InChI is InChI=1S/C22H29N7O2/c1-3-8-20(30)24-12-5-6-13-25-21-22-28-27-16(2)29(22)19-10-9-17(15-18(19)26-21)31-14-7-4-11-23/h9-10,15H,3-8,12-14H2,1-2H3,(H,24,30)(H,25,26).